The van der Waals surface area contributed by atoms with E-state index in [9.17, 15) is 4.79 Å². The Morgan fingerprint density at radius 1 is 1.45 bits per heavy atom. The van der Waals surface area contributed by atoms with Crippen LogP contribution in [0.1, 0.15) is 0 Å². The van der Waals surface area contributed by atoms with E-state index in [2.05, 4.69) is 5.32 Å². The smallest absolute Gasteiger partial charge is 0.246 e. The van der Waals surface area contributed by atoms with E-state index in [4.69, 9.17) is 9.47 Å². The quantitative estimate of drug-likeness (QED) is 0.498. The molecule has 0 aromatic rings. The minimum Gasteiger partial charge on any atom is -0.378 e. The molecule has 2 aliphatic heterocycles. The van der Waals surface area contributed by atoms with E-state index < -0.39 is 0 Å². The molecule has 1 N–H and O–H groups in total. The van der Waals surface area contributed by atoms with E-state index in [1.54, 1.807) is 0 Å². The Labute approximate surface area is 64.9 Å². The molecule has 0 aromatic carbocycles. The summed E-state index contributed by atoms with van der Waals surface area (Å²) in [7, 11) is 0. The molecule has 11 heavy (non-hydrogen) atoms. The molecule has 2 fully saturated rings. The van der Waals surface area contributed by atoms with Gasteiger partial charge in [-0.15, -0.1) is 0 Å². The fourth-order valence-electron chi connectivity index (χ4n) is 1.43. The summed E-state index contributed by atoms with van der Waals surface area (Å²) in [4.78, 5) is 10.8. The van der Waals surface area contributed by atoms with Crippen LogP contribution in [-0.2, 0) is 14.3 Å². The average Bonchev–Trinajstić information content (AvgIpc) is 2.38. The Kier molecular flexibility index (Phi) is 1.79. The number of nitrogens with one attached hydrogen (secondary N) is 1. The summed E-state index contributed by atoms with van der Waals surface area (Å²) < 4.78 is 10.5. The number of rotatable bonds is 0. The number of fused-ring (bicyclic) bond motifs is 1. The molecule has 0 aromatic heterocycles. The highest BCUT2D eigenvalue weighted by atomic mass is 16.5. The summed E-state index contributed by atoms with van der Waals surface area (Å²) in [6.07, 6.45) is 0.133. The van der Waals surface area contributed by atoms with Gasteiger partial charge in [-0.2, -0.15) is 0 Å². The Hall–Kier alpha value is -0.610. The van der Waals surface area contributed by atoms with Gasteiger partial charge in [-0.3, -0.25) is 4.79 Å². The van der Waals surface area contributed by atoms with Crippen molar-refractivity contribution in [3.63, 3.8) is 0 Å². The van der Waals surface area contributed by atoms with Gasteiger partial charge in [-0.25, -0.2) is 0 Å². The molecule has 0 saturated carbocycles. The van der Waals surface area contributed by atoms with Crippen molar-refractivity contribution in [2.75, 3.05) is 26.4 Å². The molecule has 2 saturated heterocycles. The molecular formula is C7H11NO3. The fourth-order valence-corrected chi connectivity index (χ4v) is 1.43. The fraction of sp³-hybridized carbons (Fsp3) is 0.857. The van der Waals surface area contributed by atoms with Crippen LogP contribution in [0.3, 0.4) is 0 Å². The molecule has 2 aliphatic rings. The summed E-state index contributed by atoms with van der Waals surface area (Å²) >= 11 is 0. The van der Waals surface area contributed by atoms with Gasteiger partial charge in [0.1, 0.15) is 6.61 Å². The summed E-state index contributed by atoms with van der Waals surface area (Å²) in [6.45, 7) is 2.23. The van der Waals surface area contributed by atoms with Crippen LogP contribution in [0, 0.1) is 5.92 Å². The van der Waals surface area contributed by atoms with Crippen molar-refractivity contribution in [3.8, 4) is 0 Å². The monoisotopic (exact) mass is 157 g/mol. The van der Waals surface area contributed by atoms with Crippen LogP contribution in [0.2, 0.25) is 0 Å². The van der Waals surface area contributed by atoms with Gasteiger partial charge in [0.2, 0.25) is 5.91 Å². The van der Waals surface area contributed by atoms with Crippen LogP contribution in [0.4, 0.5) is 0 Å². The minimum atomic E-state index is -0.0144. The van der Waals surface area contributed by atoms with Crippen LogP contribution < -0.4 is 5.32 Å². The molecule has 4 nitrogen and oxygen atoms in total. The van der Waals surface area contributed by atoms with Crippen LogP contribution >= 0.6 is 0 Å². The van der Waals surface area contributed by atoms with E-state index in [1.165, 1.54) is 0 Å². The van der Waals surface area contributed by atoms with Gasteiger partial charge in [0.15, 0.2) is 0 Å². The average molecular weight is 157 g/mol. The maximum absolute atomic E-state index is 10.8. The lowest BCUT2D eigenvalue weighted by molar-refractivity contribution is -0.125. The first-order chi connectivity index (χ1) is 5.36. The number of carbonyl (C=O) groups is 1. The Bertz CT molecular complexity index is 155. The van der Waals surface area contributed by atoms with Crippen LogP contribution in [0.15, 0.2) is 0 Å². The van der Waals surface area contributed by atoms with Crippen molar-refractivity contribution >= 4 is 5.91 Å². The zero-order chi connectivity index (χ0) is 7.68. The predicted octanol–water partition coefficient (Wildman–Crippen LogP) is -0.852. The molecule has 1 amide bonds. The number of hydrogen-bond acceptors (Lipinski definition) is 3. The zero-order valence-corrected chi connectivity index (χ0v) is 6.21. The van der Waals surface area contributed by atoms with Gasteiger partial charge in [-0.1, -0.05) is 0 Å². The topological polar surface area (TPSA) is 47.6 Å². The highest BCUT2D eigenvalue weighted by molar-refractivity contribution is 5.77. The van der Waals surface area contributed by atoms with Gasteiger partial charge in [0.05, 0.1) is 19.3 Å². The lowest BCUT2D eigenvalue weighted by Crippen LogP contribution is -2.29. The lowest BCUT2D eigenvalue weighted by Gasteiger charge is -2.11. The molecular weight excluding hydrogens is 146 g/mol. The van der Waals surface area contributed by atoms with E-state index in [0.29, 0.717) is 25.7 Å². The third-order valence-corrected chi connectivity index (χ3v) is 2.13. The Morgan fingerprint density at radius 3 is 3.27 bits per heavy atom. The van der Waals surface area contributed by atoms with E-state index in [0.717, 1.165) is 0 Å². The Morgan fingerprint density at radius 2 is 2.36 bits per heavy atom. The first-order valence-electron chi connectivity index (χ1n) is 3.82. The summed E-state index contributed by atoms with van der Waals surface area (Å²) in [5.41, 5.74) is 0. The number of amides is 1. The number of carbonyl (C=O) groups excluding carboxylic acids is 1. The molecule has 2 unspecified atom stereocenters. The standard InChI is InChI=1S/C7H11NO3/c9-7-4-11-6-3-10-2-5(6)1-8-7/h5-6H,1-4H2,(H,8,9). The first kappa shape index (κ1) is 7.06. The van der Waals surface area contributed by atoms with Crippen molar-refractivity contribution in [2.45, 2.75) is 6.10 Å². The zero-order valence-electron chi connectivity index (χ0n) is 6.21. The van der Waals surface area contributed by atoms with Crippen molar-refractivity contribution in [1.29, 1.82) is 0 Å². The molecule has 2 rings (SSSR count). The van der Waals surface area contributed by atoms with Crippen LogP contribution in [0.5, 0.6) is 0 Å². The van der Waals surface area contributed by atoms with Gasteiger partial charge < -0.3 is 14.8 Å². The SMILES string of the molecule is O=C1COC2COCC2CN1. The molecule has 0 aliphatic carbocycles. The molecule has 0 spiro atoms. The second-order valence-electron chi connectivity index (χ2n) is 2.95. The normalized spacial score (nSPS) is 37.6. The van der Waals surface area contributed by atoms with Crippen molar-refractivity contribution in [2.24, 2.45) is 5.92 Å². The van der Waals surface area contributed by atoms with Crippen LogP contribution in [-0.4, -0.2) is 38.4 Å². The maximum Gasteiger partial charge on any atom is 0.246 e. The highest BCUT2D eigenvalue weighted by Crippen LogP contribution is 2.17. The van der Waals surface area contributed by atoms with Crippen molar-refractivity contribution in [1.82, 2.24) is 5.32 Å². The van der Waals surface area contributed by atoms with Gasteiger partial charge in [0.25, 0.3) is 0 Å². The van der Waals surface area contributed by atoms with Gasteiger partial charge in [-0.05, 0) is 0 Å². The predicted molar refractivity (Wildman–Crippen MR) is 37.1 cm³/mol. The molecule has 0 bridgehead atoms. The largest absolute Gasteiger partial charge is 0.378 e. The van der Waals surface area contributed by atoms with E-state index in [-0.39, 0.29) is 18.6 Å². The summed E-state index contributed by atoms with van der Waals surface area (Å²) in [5.74, 6) is 0.348. The molecule has 2 heterocycles. The highest BCUT2D eigenvalue weighted by Gasteiger charge is 2.31. The second-order valence-corrected chi connectivity index (χ2v) is 2.95. The molecule has 0 radical (unpaired) electrons. The number of ether oxygens (including phenoxy) is 2. The van der Waals surface area contributed by atoms with Gasteiger partial charge >= 0.3 is 0 Å². The third kappa shape index (κ3) is 1.36. The summed E-state index contributed by atoms with van der Waals surface area (Å²) in [5, 5.41) is 2.77. The Balaban J connectivity index is 2.00. The molecule has 62 valence electrons. The van der Waals surface area contributed by atoms with Crippen LogP contribution in [0.25, 0.3) is 0 Å². The third-order valence-electron chi connectivity index (χ3n) is 2.13. The van der Waals surface area contributed by atoms with Crippen molar-refractivity contribution < 1.29 is 14.3 Å². The first-order valence-corrected chi connectivity index (χ1v) is 3.82. The van der Waals surface area contributed by atoms with E-state index in [1.807, 2.05) is 0 Å². The van der Waals surface area contributed by atoms with Crippen molar-refractivity contribution in [3.05, 3.63) is 0 Å². The second kappa shape index (κ2) is 2.79. The minimum absolute atomic E-state index is 0.0144. The summed E-state index contributed by atoms with van der Waals surface area (Å²) in [6, 6.07) is 0. The molecule has 2 atom stereocenters. The molecule has 4 heteroatoms. The van der Waals surface area contributed by atoms with Gasteiger partial charge in [0, 0.05) is 12.5 Å². The maximum atomic E-state index is 10.8. The lowest BCUT2D eigenvalue weighted by atomic mass is 10.1. The van der Waals surface area contributed by atoms with E-state index >= 15 is 0 Å². The number of hydrogen-bond donors (Lipinski definition) is 1.